The van der Waals surface area contributed by atoms with E-state index in [0.29, 0.717) is 12.5 Å². The van der Waals surface area contributed by atoms with E-state index in [0.717, 1.165) is 18.8 Å². The van der Waals surface area contributed by atoms with E-state index in [4.69, 9.17) is 9.84 Å². The summed E-state index contributed by atoms with van der Waals surface area (Å²) in [6, 6.07) is 7.97. The lowest BCUT2D eigenvalue weighted by Crippen LogP contribution is -2.18. The van der Waals surface area contributed by atoms with Crippen LogP contribution >= 0.6 is 0 Å². The second kappa shape index (κ2) is 7.30. The Bertz CT molecular complexity index is 307. The van der Waals surface area contributed by atoms with Crippen molar-refractivity contribution in [3.63, 3.8) is 0 Å². The van der Waals surface area contributed by atoms with Gasteiger partial charge in [0, 0.05) is 6.54 Å². The highest BCUT2D eigenvalue weighted by atomic mass is 16.5. The molecule has 0 fully saturated rings. The molecular formula is C14H23NO2. The van der Waals surface area contributed by atoms with Crippen LogP contribution in [-0.4, -0.2) is 24.4 Å². The Hall–Kier alpha value is -1.06. The molecule has 0 heterocycles. The first-order valence-corrected chi connectivity index (χ1v) is 6.18. The van der Waals surface area contributed by atoms with Gasteiger partial charge in [-0.2, -0.15) is 0 Å². The highest BCUT2D eigenvalue weighted by molar-refractivity contribution is 5.27. The van der Waals surface area contributed by atoms with Gasteiger partial charge in [0.25, 0.3) is 0 Å². The van der Waals surface area contributed by atoms with E-state index in [1.807, 2.05) is 24.3 Å². The van der Waals surface area contributed by atoms with E-state index in [1.54, 1.807) is 6.92 Å². The molecule has 0 spiro atoms. The summed E-state index contributed by atoms with van der Waals surface area (Å²) in [4.78, 5) is 0. The third-order valence-corrected chi connectivity index (χ3v) is 2.30. The molecule has 0 aliphatic rings. The number of ether oxygens (including phenoxy) is 1. The fourth-order valence-electron chi connectivity index (χ4n) is 1.43. The molecule has 17 heavy (non-hydrogen) atoms. The van der Waals surface area contributed by atoms with Crippen LogP contribution in [0.5, 0.6) is 5.75 Å². The van der Waals surface area contributed by atoms with E-state index >= 15 is 0 Å². The Labute approximate surface area is 104 Å². The van der Waals surface area contributed by atoms with E-state index < -0.39 is 6.10 Å². The molecule has 1 atom stereocenters. The molecule has 1 rings (SSSR count). The maximum absolute atomic E-state index is 9.10. The predicted molar refractivity (Wildman–Crippen MR) is 70.2 cm³/mol. The first-order chi connectivity index (χ1) is 8.08. The molecule has 0 amide bonds. The molecular weight excluding hydrogens is 214 g/mol. The van der Waals surface area contributed by atoms with Crippen LogP contribution < -0.4 is 10.1 Å². The van der Waals surface area contributed by atoms with Crippen molar-refractivity contribution in [2.45, 2.75) is 33.4 Å². The topological polar surface area (TPSA) is 41.5 Å². The molecule has 0 radical (unpaired) electrons. The molecule has 0 aliphatic carbocycles. The number of benzene rings is 1. The molecule has 0 aliphatic heterocycles. The number of nitrogens with one attached hydrogen (secondary N) is 1. The average Bonchev–Trinajstić information content (AvgIpc) is 2.27. The van der Waals surface area contributed by atoms with Gasteiger partial charge in [0.2, 0.25) is 0 Å². The minimum absolute atomic E-state index is 0.338. The Balaban J connectivity index is 2.34. The highest BCUT2D eigenvalue weighted by Crippen LogP contribution is 2.12. The van der Waals surface area contributed by atoms with Gasteiger partial charge in [-0.05, 0) is 37.1 Å². The monoisotopic (exact) mass is 237 g/mol. The van der Waals surface area contributed by atoms with Crippen LogP contribution in [0.3, 0.4) is 0 Å². The van der Waals surface area contributed by atoms with Gasteiger partial charge < -0.3 is 15.2 Å². The van der Waals surface area contributed by atoms with Crippen molar-refractivity contribution >= 4 is 0 Å². The first-order valence-electron chi connectivity index (χ1n) is 6.18. The minimum Gasteiger partial charge on any atom is -0.491 e. The summed E-state index contributed by atoms with van der Waals surface area (Å²) in [5, 5.41) is 12.5. The third-order valence-electron chi connectivity index (χ3n) is 2.30. The van der Waals surface area contributed by atoms with Gasteiger partial charge in [-0.1, -0.05) is 26.0 Å². The molecule has 0 aromatic heterocycles. The molecule has 96 valence electrons. The van der Waals surface area contributed by atoms with Gasteiger partial charge in [0.05, 0.1) is 6.10 Å². The Kier molecular flexibility index (Phi) is 6.01. The Morgan fingerprint density at radius 2 is 1.82 bits per heavy atom. The van der Waals surface area contributed by atoms with Crippen LogP contribution in [0.25, 0.3) is 0 Å². The standard InChI is InChI=1S/C14H23NO2/c1-11(2)8-15-9-13-4-6-14(7-5-13)17-10-12(3)16/h4-7,11-12,15-16H,8-10H2,1-3H3. The van der Waals surface area contributed by atoms with Crippen molar-refractivity contribution in [3.8, 4) is 5.75 Å². The summed E-state index contributed by atoms with van der Waals surface area (Å²) < 4.78 is 5.39. The maximum atomic E-state index is 9.10. The number of hydrogen-bond acceptors (Lipinski definition) is 3. The van der Waals surface area contributed by atoms with Crippen LogP contribution in [0.2, 0.25) is 0 Å². The summed E-state index contributed by atoms with van der Waals surface area (Å²) in [5.41, 5.74) is 1.25. The summed E-state index contributed by atoms with van der Waals surface area (Å²) in [6.07, 6.45) is -0.428. The van der Waals surface area contributed by atoms with Gasteiger partial charge in [0.1, 0.15) is 12.4 Å². The van der Waals surface area contributed by atoms with Gasteiger partial charge in [0.15, 0.2) is 0 Å². The predicted octanol–water partition coefficient (Wildman–Crippen LogP) is 2.19. The highest BCUT2D eigenvalue weighted by Gasteiger charge is 1.99. The fraction of sp³-hybridized carbons (Fsp3) is 0.571. The maximum Gasteiger partial charge on any atom is 0.119 e. The zero-order valence-corrected chi connectivity index (χ0v) is 10.9. The number of aliphatic hydroxyl groups is 1. The summed E-state index contributed by atoms with van der Waals surface area (Å²) in [7, 11) is 0. The van der Waals surface area contributed by atoms with Crippen LogP contribution in [0.15, 0.2) is 24.3 Å². The number of aliphatic hydroxyl groups excluding tert-OH is 1. The zero-order chi connectivity index (χ0) is 12.7. The van der Waals surface area contributed by atoms with E-state index in [2.05, 4.69) is 19.2 Å². The lowest BCUT2D eigenvalue weighted by Gasteiger charge is -2.10. The second-order valence-corrected chi connectivity index (χ2v) is 4.83. The second-order valence-electron chi connectivity index (χ2n) is 4.83. The van der Waals surface area contributed by atoms with Crippen molar-refractivity contribution in [1.29, 1.82) is 0 Å². The minimum atomic E-state index is -0.428. The SMILES string of the molecule is CC(C)CNCc1ccc(OCC(C)O)cc1. The first kappa shape index (κ1) is 14.0. The third kappa shape index (κ3) is 6.29. The average molecular weight is 237 g/mol. The molecule has 1 aromatic carbocycles. The molecule has 0 bridgehead atoms. The normalized spacial score (nSPS) is 12.8. The molecule has 3 heteroatoms. The molecule has 0 saturated heterocycles. The van der Waals surface area contributed by atoms with Gasteiger partial charge in [-0.15, -0.1) is 0 Å². The van der Waals surface area contributed by atoms with Crippen LogP contribution in [-0.2, 0) is 6.54 Å². The lowest BCUT2D eigenvalue weighted by atomic mass is 10.2. The molecule has 3 nitrogen and oxygen atoms in total. The summed E-state index contributed by atoms with van der Waals surface area (Å²) >= 11 is 0. The quantitative estimate of drug-likeness (QED) is 0.764. The largest absolute Gasteiger partial charge is 0.491 e. The van der Waals surface area contributed by atoms with Crippen molar-refractivity contribution in [2.24, 2.45) is 5.92 Å². The Morgan fingerprint density at radius 3 is 2.35 bits per heavy atom. The van der Waals surface area contributed by atoms with Crippen LogP contribution in [0.4, 0.5) is 0 Å². The number of rotatable bonds is 7. The van der Waals surface area contributed by atoms with Crippen molar-refractivity contribution in [3.05, 3.63) is 29.8 Å². The zero-order valence-electron chi connectivity index (χ0n) is 10.9. The molecule has 2 N–H and O–H groups in total. The van der Waals surface area contributed by atoms with Crippen molar-refractivity contribution < 1.29 is 9.84 Å². The molecule has 0 saturated carbocycles. The fourth-order valence-corrected chi connectivity index (χ4v) is 1.43. The van der Waals surface area contributed by atoms with E-state index in [9.17, 15) is 0 Å². The van der Waals surface area contributed by atoms with E-state index in [1.165, 1.54) is 5.56 Å². The van der Waals surface area contributed by atoms with Crippen molar-refractivity contribution in [2.75, 3.05) is 13.2 Å². The van der Waals surface area contributed by atoms with Gasteiger partial charge in [-0.25, -0.2) is 0 Å². The van der Waals surface area contributed by atoms with Gasteiger partial charge >= 0.3 is 0 Å². The Morgan fingerprint density at radius 1 is 1.18 bits per heavy atom. The van der Waals surface area contributed by atoms with Crippen LogP contribution in [0, 0.1) is 5.92 Å². The number of hydrogen-bond donors (Lipinski definition) is 2. The van der Waals surface area contributed by atoms with Crippen molar-refractivity contribution in [1.82, 2.24) is 5.32 Å². The van der Waals surface area contributed by atoms with Gasteiger partial charge in [-0.3, -0.25) is 0 Å². The van der Waals surface area contributed by atoms with E-state index in [-0.39, 0.29) is 0 Å². The smallest absolute Gasteiger partial charge is 0.119 e. The summed E-state index contributed by atoms with van der Waals surface area (Å²) in [6.45, 7) is 8.35. The molecule has 1 unspecified atom stereocenters. The molecule has 1 aromatic rings. The summed E-state index contributed by atoms with van der Waals surface area (Å²) in [5.74, 6) is 1.47. The van der Waals surface area contributed by atoms with Crippen LogP contribution in [0.1, 0.15) is 26.3 Å². The lowest BCUT2D eigenvalue weighted by molar-refractivity contribution is 0.122.